The van der Waals surface area contributed by atoms with Crippen molar-refractivity contribution in [2.24, 2.45) is 0 Å². The van der Waals surface area contributed by atoms with Crippen molar-refractivity contribution < 1.29 is 19.2 Å². The number of amides is 4. The number of carbonyl (C=O) groups is 4. The molecule has 10 nitrogen and oxygen atoms in total. The van der Waals surface area contributed by atoms with Crippen LogP contribution in [0.1, 0.15) is 30.1 Å². The quantitative estimate of drug-likeness (QED) is 0.667. The molecule has 2 saturated heterocycles. The summed E-state index contributed by atoms with van der Waals surface area (Å²) in [5.74, 6) is -1.23. The van der Waals surface area contributed by atoms with Gasteiger partial charge in [-0.2, -0.15) is 0 Å². The van der Waals surface area contributed by atoms with Crippen LogP contribution in [0.3, 0.4) is 0 Å². The van der Waals surface area contributed by atoms with Gasteiger partial charge in [-0.15, -0.1) is 0 Å². The number of hydrogen-bond donors (Lipinski definition) is 2. The monoisotopic (exact) mass is 374 g/mol. The van der Waals surface area contributed by atoms with Crippen molar-refractivity contribution in [1.82, 2.24) is 30.4 Å². The predicted molar refractivity (Wildman–Crippen MR) is 93.3 cm³/mol. The topological polar surface area (TPSA) is 125 Å². The summed E-state index contributed by atoms with van der Waals surface area (Å²) in [6, 6.07) is -1.51. The fourth-order valence-electron chi connectivity index (χ4n) is 3.29. The predicted octanol–water partition coefficient (Wildman–Crippen LogP) is -1.46. The van der Waals surface area contributed by atoms with Gasteiger partial charge in [0.25, 0.3) is 5.91 Å². The van der Waals surface area contributed by atoms with Crippen molar-refractivity contribution in [2.45, 2.75) is 31.8 Å². The van der Waals surface area contributed by atoms with Gasteiger partial charge in [-0.3, -0.25) is 19.2 Å². The largest absolute Gasteiger partial charge is 0.354 e. The van der Waals surface area contributed by atoms with Gasteiger partial charge in [0, 0.05) is 39.0 Å². The molecule has 2 fully saturated rings. The fourth-order valence-corrected chi connectivity index (χ4v) is 3.29. The van der Waals surface area contributed by atoms with Gasteiger partial charge >= 0.3 is 0 Å². The van der Waals surface area contributed by atoms with Crippen molar-refractivity contribution in [2.75, 3.05) is 26.2 Å². The molecular weight excluding hydrogens is 352 g/mol. The highest BCUT2D eigenvalue weighted by Crippen LogP contribution is 2.15. The summed E-state index contributed by atoms with van der Waals surface area (Å²) in [7, 11) is 0. The Bertz CT molecular complexity index is 740. The van der Waals surface area contributed by atoms with Gasteiger partial charge in [-0.05, 0) is 12.8 Å². The Morgan fingerprint density at radius 1 is 1.22 bits per heavy atom. The van der Waals surface area contributed by atoms with E-state index >= 15 is 0 Å². The molecule has 0 aliphatic carbocycles. The van der Waals surface area contributed by atoms with Crippen LogP contribution >= 0.6 is 0 Å². The van der Waals surface area contributed by atoms with Gasteiger partial charge in [0.1, 0.15) is 18.4 Å². The van der Waals surface area contributed by atoms with Gasteiger partial charge in [0.2, 0.25) is 17.7 Å². The molecule has 2 aliphatic heterocycles. The summed E-state index contributed by atoms with van der Waals surface area (Å²) >= 11 is 0. The van der Waals surface area contributed by atoms with Crippen LogP contribution in [0.5, 0.6) is 0 Å². The molecule has 0 bridgehead atoms. The molecule has 3 rings (SSSR count). The number of nitrogens with zero attached hydrogens (tertiary/aromatic N) is 4. The highest BCUT2D eigenvalue weighted by atomic mass is 16.2. The van der Waals surface area contributed by atoms with Crippen LogP contribution in [0.25, 0.3) is 0 Å². The Balaban J connectivity index is 1.78. The summed E-state index contributed by atoms with van der Waals surface area (Å²) in [6.45, 7) is 2.64. The Labute approximate surface area is 156 Å². The fraction of sp³-hybridized carbons (Fsp3) is 0.529. The second kappa shape index (κ2) is 8.11. The van der Waals surface area contributed by atoms with Gasteiger partial charge in [-0.1, -0.05) is 0 Å². The van der Waals surface area contributed by atoms with Gasteiger partial charge in [0.15, 0.2) is 0 Å². The minimum atomic E-state index is -0.884. The van der Waals surface area contributed by atoms with Crippen LogP contribution in [0.2, 0.25) is 0 Å². The van der Waals surface area contributed by atoms with Crippen LogP contribution in [0.15, 0.2) is 18.7 Å². The third-order valence-corrected chi connectivity index (χ3v) is 4.80. The van der Waals surface area contributed by atoms with Crippen LogP contribution in [0.4, 0.5) is 0 Å². The van der Waals surface area contributed by atoms with Crippen LogP contribution < -0.4 is 10.6 Å². The van der Waals surface area contributed by atoms with E-state index in [1.807, 2.05) is 0 Å². The Hall–Kier alpha value is -3.04. The third-order valence-electron chi connectivity index (χ3n) is 4.80. The average molecular weight is 374 g/mol. The van der Waals surface area contributed by atoms with Crippen molar-refractivity contribution in [3.63, 3.8) is 0 Å². The van der Waals surface area contributed by atoms with Gasteiger partial charge in [0.05, 0.1) is 12.1 Å². The lowest BCUT2D eigenvalue weighted by Gasteiger charge is -2.40. The summed E-state index contributed by atoms with van der Waals surface area (Å²) < 4.78 is 0. The van der Waals surface area contributed by atoms with E-state index in [-0.39, 0.29) is 36.4 Å². The molecule has 0 unspecified atom stereocenters. The molecule has 2 N–H and O–H groups in total. The van der Waals surface area contributed by atoms with Crippen molar-refractivity contribution >= 4 is 23.6 Å². The number of carbonyl (C=O) groups excluding carboxylic acids is 4. The molecule has 2 aliphatic rings. The Morgan fingerprint density at radius 2 is 1.96 bits per heavy atom. The molecular formula is C17H22N6O4. The van der Waals surface area contributed by atoms with Crippen molar-refractivity contribution in [1.29, 1.82) is 0 Å². The number of piperidine rings is 1. The number of piperazine rings is 1. The number of hydrogen-bond acceptors (Lipinski definition) is 6. The van der Waals surface area contributed by atoms with Crippen molar-refractivity contribution in [3.05, 3.63) is 24.3 Å². The molecule has 27 heavy (non-hydrogen) atoms. The molecule has 3 heterocycles. The summed E-state index contributed by atoms with van der Waals surface area (Å²) in [6.07, 6.45) is 5.40. The zero-order chi connectivity index (χ0) is 19.4. The number of nitrogens with one attached hydrogen (secondary N) is 2. The second-order valence-corrected chi connectivity index (χ2v) is 6.60. The molecule has 2 atom stereocenters. The van der Waals surface area contributed by atoms with E-state index in [4.69, 9.17) is 0 Å². The average Bonchev–Trinajstić information content (AvgIpc) is 2.69. The normalized spacial score (nSPS) is 22.8. The molecule has 10 heteroatoms. The summed E-state index contributed by atoms with van der Waals surface area (Å²) in [5, 5.41) is 5.43. The molecule has 144 valence electrons. The van der Waals surface area contributed by atoms with E-state index < -0.39 is 18.0 Å². The van der Waals surface area contributed by atoms with E-state index in [9.17, 15) is 19.2 Å². The third kappa shape index (κ3) is 4.21. The molecule has 4 amide bonds. The summed E-state index contributed by atoms with van der Waals surface area (Å²) in [4.78, 5) is 60.0. The smallest absolute Gasteiger partial charge is 0.257 e. The van der Waals surface area contributed by atoms with Crippen molar-refractivity contribution in [3.8, 4) is 0 Å². The molecule has 1 aromatic heterocycles. The first-order valence-electron chi connectivity index (χ1n) is 8.87. The second-order valence-electron chi connectivity index (χ2n) is 6.60. The van der Waals surface area contributed by atoms with E-state index in [0.29, 0.717) is 19.5 Å². The van der Waals surface area contributed by atoms with Crippen LogP contribution in [-0.4, -0.2) is 81.7 Å². The first-order valence-corrected chi connectivity index (χ1v) is 8.87. The van der Waals surface area contributed by atoms with Gasteiger partial charge in [-0.25, -0.2) is 9.97 Å². The number of rotatable bonds is 3. The summed E-state index contributed by atoms with van der Waals surface area (Å²) in [5.41, 5.74) is 0.266. The zero-order valence-electron chi connectivity index (χ0n) is 15.1. The first-order chi connectivity index (χ1) is 13.0. The maximum absolute atomic E-state index is 12.9. The lowest BCUT2D eigenvalue weighted by Crippen LogP contribution is -2.63. The maximum atomic E-state index is 12.9. The molecule has 1 aromatic rings. The van der Waals surface area contributed by atoms with E-state index in [2.05, 4.69) is 20.6 Å². The standard InChI is InChI=1S/C17H22N6O4/c1-11(24)22-5-6-23(17(27)12-7-18-10-19-8-12)14(9-22)16(26)21-13-3-2-4-20-15(13)25/h7-8,10,13-14H,2-6,9H2,1H3,(H,20,25)(H,21,26)/t13-,14+/m0/s1. The Kier molecular flexibility index (Phi) is 5.63. The number of aromatic nitrogens is 2. The minimum Gasteiger partial charge on any atom is -0.354 e. The van der Waals surface area contributed by atoms with E-state index in [1.54, 1.807) is 0 Å². The Morgan fingerprint density at radius 3 is 2.63 bits per heavy atom. The molecule has 0 saturated carbocycles. The lowest BCUT2D eigenvalue weighted by molar-refractivity contribution is -0.137. The maximum Gasteiger partial charge on any atom is 0.257 e. The molecule has 0 aromatic carbocycles. The van der Waals surface area contributed by atoms with Gasteiger partial charge < -0.3 is 20.4 Å². The van der Waals surface area contributed by atoms with E-state index in [0.717, 1.165) is 6.42 Å². The lowest BCUT2D eigenvalue weighted by atomic mass is 10.0. The zero-order valence-corrected chi connectivity index (χ0v) is 15.1. The molecule has 0 radical (unpaired) electrons. The van der Waals surface area contributed by atoms with E-state index in [1.165, 1.54) is 35.4 Å². The first kappa shape index (κ1) is 18.7. The molecule has 0 spiro atoms. The highest BCUT2D eigenvalue weighted by molar-refractivity contribution is 5.98. The SMILES string of the molecule is CC(=O)N1CCN(C(=O)c2cncnc2)[C@@H](C(=O)N[C@H]2CCCNC2=O)C1. The van der Waals surface area contributed by atoms with Crippen LogP contribution in [0, 0.1) is 0 Å². The highest BCUT2D eigenvalue weighted by Gasteiger charge is 2.38. The van der Waals surface area contributed by atoms with Crippen LogP contribution in [-0.2, 0) is 14.4 Å². The minimum absolute atomic E-state index is 0.0783.